The highest BCUT2D eigenvalue weighted by molar-refractivity contribution is 5.92. The molecule has 1 N–H and O–H groups in total. The second kappa shape index (κ2) is 9.20. The molecular formula is C17H25NO4. The molecule has 0 aliphatic heterocycles. The summed E-state index contributed by atoms with van der Waals surface area (Å²) >= 11 is 0. The maximum atomic E-state index is 11.8. The molecule has 5 nitrogen and oxygen atoms in total. The standard InChI is InChI=1S/C17H25NO4/c1-12(2)8-9-21-17(20)14(4)22-11-16(19)18-15-7-5-6-13(3)10-15/h5-7,10,12,14H,8-9,11H2,1-4H3,(H,18,19). The smallest absolute Gasteiger partial charge is 0.334 e. The van der Waals surface area contributed by atoms with E-state index in [-0.39, 0.29) is 12.5 Å². The average molecular weight is 307 g/mol. The summed E-state index contributed by atoms with van der Waals surface area (Å²) in [5, 5.41) is 2.72. The maximum absolute atomic E-state index is 11.8. The van der Waals surface area contributed by atoms with E-state index in [0.717, 1.165) is 12.0 Å². The van der Waals surface area contributed by atoms with Gasteiger partial charge in [-0.2, -0.15) is 0 Å². The van der Waals surface area contributed by atoms with E-state index in [1.807, 2.05) is 25.1 Å². The normalized spacial score (nSPS) is 12.0. The minimum absolute atomic E-state index is 0.186. The zero-order valence-electron chi connectivity index (χ0n) is 13.7. The molecule has 22 heavy (non-hydrogen) atoms. The highest BCUT2D eigenvalue weighted by Gasteiger charge is 2.16. The van der Waals surface area contributed by atoms with Crippen LogP contribution in [0.1, 0.15) is 32.8 Å². The van der Waals surface area contributed by atoms with Crippen molar-refractivity contribution in [2.45, 2.75) is 40.2 Å². The van der Waals surface area contributed by atoms with Crippen molar-refractivity contribution in [3.8, 4) is 0 Å². The first-order chi connectivity index (χ1) is 10.4. The first-order valence-electron chi connectivity index (χ1n) is 7.53. The molecule has 0 fully saturated rings. The summed E-state index contributed by atoms with van der Waals surface area (Å²) in [4.78, 5) is 23.4. The number of carbonyl (C=O) groups excluding carboxylic acids is 2. The number of hydrogen-bond donors (Lipinski definition) is 1. The Balaban J connectivity index is 2.29. The van der Waals surface area contributed by atoms with Crippen LogP contribution in [0.5, 0.6) is 0 Å². The summed E-state index contributed by atoms with van der Waals surface area (Å²) in [7, 11) is 0. The highest BCUT2D eigenvalue weighted by Crippen LogP contribution is 2.09. The molecule has 1 amide bonds. The lowest BCUT2D eigenvalue weighted by Crippen LogP contribution is -2.28. The van der Waals surface area contributed by atoms with E-state index < -0.39 is 12.1 Å². The second-order valence-corrected chi connectivity index (χ2v) is 5.72. The van der Waals surface area contributed by atoms with Crippen LogP contribution in [0.25, 0.3) is 0 Å². The van der Waals surface area contributed by atoms with Crippen LogP contribution in [0.15, 0.2) is 24.3 Å². The third kappa shape index (κ3) is 7.22. The van der Waals surface area contributed by atoms with Gasteiger partial charge in [-0.15, -0.1) is 0 Å². The van der Waals surface area contributed by atoms with Gasteiger partial charge in [-0.25, -0.2) is 4.79 Å². The minimum Gasteiger partial charge on any atom is -0.464 e. The molecule has 122 valence electrons. The van der Waals surface area contributed by atoms with Gasteiger partial charge in [-0.05, 0) is 43.9 Å². The molecule has 0 aliphatic carbocycles. The summed E-state index contributed by atoms with van der Waals surface area (Å²) < 4.78 is 10.3. The monoisotopic (exact) mass is 307 g/mol. The number of amides is 1. The van der Waals surface area contributed by atoms with Gasteiger partial charge in [-0.3, -0.25) is 4.79 Å². The van der Waals surface area contributed by atoms with Gasteiger partial charge in [0.1, 0.15) is 6.61 Å². The fourth-order valence-corrected chi connectivity index (χ4v) is 1.70. The zero-order chi connectivity index (χ0) is 16.5. The Morgan fingerprint density at radius 3 is 2.59 bits per heavy atom. The van der Waals surface area contributed by atoms with Crippen LogP contribution >= 0.6 is 0 Å². The van der Waals surface area contributed by atoms with E-state index in [1.165, 1.54) is 0 Å². The molecular weight excluding hydrogens is 282 g/mol. The van der Waals surface area contributed by atoms with Crippen LogP contribution in [0, 0.1) is 12.8 Å². The van der Waals surface area contributed by atoms with Crippen molar-refractivity contribution in [2.75, 3.05) is 18.5 Å². The van der Waals surface area contributed by atoms with E-state index >= 15 is 0 Å². The first kappa shape index (κ1) is 18.2. The summed E-state index contributed by atoms with van der Waals surface area (Å²) in [5.41, 5.74) is 1.77. The fourth-order valence-electron chi connectivity index (χ4n) is 1.70. The summed E-state index contributed by atoms with van der Waals surface area (Å²) in [6, 6.07) is 7.47. The first-order valence-corrected chi connectivity index (χ1v) is 7.53. The minimum atomic E-state index is -0.754. The lowest BCUT2D eigenvalue weighted by Gasteiger charge is -2.13. The summed E-state index contributed by atoms with van der Waals surface area (Å²) in [6.07, 6.45) is 0.0576. The third-order valence-corrected chi connectivity index (χ3v) is 3.04. The third-order valence-electron chi connectivity index (χ3n) is 3.04. The van der Waals surface area contributed by atoms with Gasteiger partial charge in [0.2, 0.25) is 5.91 Å². The van der Waals surface area contributed by atoms with Crippen molar-refractivity contribution in [1.82, 2.24) is 0 Å². The van der Waals surface area contributed by atoms with E-state index in [0.29, 0.717) is 18.2 Å². The Morgan fingerprint density at radius 2 is 1.95 bits per heavy atom. The van der Waals surface area contributed by atoms with Crippen LogP contribution in [0.4, 0.5) is 5.69 Å². The lowest BCUT2D eigenvalue weighted by molar-refractivity contribution is -0.157. The molecule has 0 aromatic heterocycles. The number of ether oxygens (including phenoxy) is 2. The number of esters is 1. The number of nitrogens with one attached hydrogen (secondary N) is 1. The zero-order valence-corrected chi connectivity index (χ0v) is 13.7. The molecule has 5 heteroatoms. The van der Waals surface area contributed by atoms with Crippen molar-refractivity contribution < 1.29 is 19.1 Å². The van der Waals surface area contributed by atoms with Gasteiger partial charge in [-0.1, -0.05) is 26.0 Å². The number of anilines is 1. The van der Waals surface area contributed by atoms with Crippen LogP contribution in [0.3, 0.4) is 0 Å². The molecule has 0 spiro atoms. The SMILES string of the molecule is Cc1cccc(NC(=O)COC(C)C(=O)OCCC(C)C)c1. The largest absolute Gasteiger partial charge is 0.464 e. The van der Waals surface area contributed by atoms with Crippen LogP contribution in [-0.2, 0) is 19.1 Å². The van der Waals surface area contributed by atoms with E-state index in [1.54, 1.807) is 13.0 Å². The maximum Gasteiger partial charge on any atom is 0.334 e. The molecule has 0 saturated carbocycles. The quantitative estimate of drug-likeness (QED) is 0.750. The van der Waals surface area contributed by atoms with Crippen LogP contribution in [0.2, 0.25) is 0 Å². The average Bonchev–Trinajstić information content (AvgIpc) is 2.44. The summed E-state index contributed by atoms with van der Waals surface area (Å²) in [5.74, 6) is -0.263. The van der Waals surface area contributed by atoms with Crippen molar-refractivity contribution in [3.63, 3.8) is 0 Å². The molecule has 0 bridgehead atoms. The van der Waals surface area contributed by atoms with Gasteiger partial charge in [0.15, 0.2) is 6.10 Å². The number of rotatable bonds is 8. The molecule has 0 radical (unpaired) electrons. The van der Waals surface area contributed by atoms with Crippen molar-refractivity contribution in [3.05, 3.63) is 29.8 Å². The second-order valence-electron chi connectivity index (χ2n) is 5.72. The van der Waals surface area contributed by atoms with E-state index in [2.05, 4.69) is 19.2 Å². The molecule has 1 rings (SSSR count). The number of hydrogen-bond acceptors (Lipinski definition) is 4. The molecule has 0 saturated heterocycles. The number of benzene rings is 1. The summed E-state index contributed by atoms with van der Waals surface area (Å²) in [6.45, 7) is 7.83. The molecule has 1 atom stereocenters. The molecule has 1 aromatic rings. The van der Waals surface area contributed by atoms with Crippen molar-refractivity contribution in [1.29, 1.82) is 0 Å². The Labute approximate surface area is 132 Å². The predicted octanol–water partition coefficient (Wildman–Crippen LogP) is 2.93. The van der Waals surface area contributed by atoms with Crippen molar-refractivity contribution >= 4 is 17.6 Å². The fraction of sp³-hybridized carbons (Fsp3) is 0.529. The number of aryl methyl sites for hydroxylation is 1. The van der Waals surface area contributed by atoms with Gasteiger partial charge in [0.25, 0.3) is 0 Å². The van der Waals surface area contributed by atoms with Gasteiger partial charge in [0, 0.05) is 5.69 Å². The van der Waals surface area contributed by atoms with Crippen LogP contribution < -0.4 is 5.32 Å². The Hall–Kier alpha value is -1.88. The van der Waals surface area contributed by atoms with Gasteiger partial charge >= 0.3 is 5.97 Å². The topological polar surface area (TPSA) is 64.6 Å². The van der Waals surface area contributed by atoms with Gasteiger partial charge < -0.3 is 14.8 Å². The van der Waals surface area contributed by atoms with Crippen LogP contribution in [-0.4, -0.2) is 31.2 Å². The molecule has 0 heterocycles. The van der Waals surface area contributed by atoms with Gasteiger partial charge in [0.05, 0.1) is 6.61 Å². The molecule has 0 aliphatic rings. The Morgan fingerprint density at radius 1 is 1.23 bits per heavy atom. The highest BCUT2D eigenvalue weighted by atomic mass is 16.6. The number of carbonyl (C=O) groups is 2. The van der Waals surface area contributed by atoms with Crippen molar-refractivity contribution in [2.24, 2.45) is 5.92 Å². The van der Waals surface area contributed by atoms with E-state index in [4.69, 9.17) is 9.47 Å². The molecule has 1 aromatic carbocycles. The molecule has 1 unspecified atom stereocenters. The lowest BCUT2D eigenvalue weighted by atomic mass is 10.1. The van der Waals surface area contributed by atoms with E-state index in [9.17, 15) is 9.59 Å². The predicted molar refractivity (Wildman–Crippen MR) is 85.6 cm³/mol. The Bertz CT molecular complexity index is 499. The Kier molecular flexibility index (Phi) is 7.60.